The number of benzene rings is 3. The van der Waals surface area contributed by atoms with Crippen molar-refractivity contribution in [1.82, 2.24) is 5.32 Å². The number of hydrogen-bond donors (Lipinski definition) is 2. The van der Waals surface area contributed by atoms with Gasteiger partial charge in [0.1, 0.15) is 0 Å². The molecule has 3 aromatic carbocycles. The molecular weight excluding hydrogens is 400 g/mol. The number of rotatable bonds is 7. The van der Waals surface area contributed by atoms with Crippen molar-refractivity contribution in [3.8, 4) is 11.5 Å². The highest BCUT2D eigenvalue weighted by Gasteiger charge is 2.32. The molecule has 0 aliphatic rings. The Morgan fingerprint density at radius 3 is 2.27 bits per heavy atom. The molecule has 0 saturated carbocycles. The van der Waals surface area contributed by atoms with Crippen molar-refractivity contribution >= 4 is 29.1 Å². The maximum Gasteiger partial charge on any atom is 0.230 e. The Kier molecular flexibility index (Phi) is 7.71. The summed E-state index contributed by atoms with van der Waals surface area (Å²) in [5, 5.41) is 5.40. The molecule has 3 N–H and O–H groups in total. The highest BCUT2D eigenvalue weighted by molar-refractivity contribution is 5.88. The first-order chi connectivity index (χ1) is 13.9. The van der Waals surface area contributed by atoms with Crippen LogP contribution >= 0.6 is 12.4 Å². The fourth-order valence-electron chi connectivity index (χ4n) is 3.40. The van der Waals surface area contributed by atoms with Gasteiger partial charge in [0.25, 0.3) is 0 Å². The van der Waals surface area contributed by atoms with Gasteiger partial charge < -0.3 is 20.5 Å². The summed E-state index contributed by atoms with van der Waals surface area (Å²) in [6, 6.07) is 19.5. The average molecular weight is 429 g/mol. The van der Waals surface area contributed by atoms with E-state index in [1.54, 1.807) is 14.2 Å². The van der Waals surface area contributed by atoms with E-state index in [-0.39, 0.29) is 24.4 Å². The third-order valence-corrected chi connectivity index (χ3v) is 5.39. The molecule has 160 valence electrons. The molecule has 0 saturated heterocycles. The zero-order valence-corrected chi connectivity index (χ0v) is 18.6. The van der Waals surface area contributed by atoms with E-state index in [0.29, 0.717) is 18.0 Å². The molecule has 0 spiro atoms. The highest BCUT2D eigenvalue weighted by Crippen LogP contribution is 2.33. The fraction of sp³-hybridized carbons (Fsp3) is 0.292. The van der Waals surface area contributed by atoms with Gasteiger partial charge >= 0.3 is 0 Å². The number of nitrogens with one attached hydrogen (secondary N) is 1. The lowest BCUT2D eigenvalue weighted by atomic mass is 9.83. The maximum absolute atomic E-state index is 13.2. The van der Waals surface area contributed by atoms with Crippen LogP contribution in [-0.4, -0.2) is 26.7 Å². The van der Waals surface area contributed by atoms with Crippen molar-refractivity contribution in [2.45, 2.75) is 25.3 Å². The van der Waals surface area contributed by atoms with Crippen molar-refractivity contribution in [1.29, 1.82) is 0 Å². The van der Waals surface area contributed by atoms with Crippen LogP contribution in [0.1, 0.15) is 31.0 Å². The Morgan fingerprint density at radius 2 is 1.63 bits per heavy atom. The Bertz CT molecular complexity index is 1020. The van der Waals surface area contributed by atoms with Crippen LogP contribution in [0.4, 0.5) is 0 Å². The average Bonchev–Trinajstić information content (AvgIpc) is 2.76. The molecule has 3 rings (SSSR count). The zero-order chi connectivity index (χ0) is 21.0. The van der Waals surface area contributed by atoms with E-state index in [2.05, 4.69) is 29.6 Å². The first-order valence-electron chi connectivity index (χ1n) is 9.63. The normalized spacial score (nSPS) is 12.0. The van der Waals surface area contributed by atoms with Gasteiger partial charge in [-0.2, -0.15) is 0 Å². The minimum Gasteiger partial charge on any atom is -0.493 e. The number of methoxy groups -OCH3 is 2. The lowest BCUT2D eigenvalue weighted by molar-refractivity contribution is -0.126. The van der Waals surface area contributed by atoms with Gasteiger partial charge in [0, 0.05) is 6.54 Å². The fourth-order valence-corrected chi connectivity index (χ4v) is 3.40. The Balaban J connectivity index is 0.00000320. The molecule has 30 heavy (non-hydrogen) atoms. The highest BCUT2D eigenvalue weighted by atomic mass is 35.5. The monoisotopic (exact) mass is 428 g/mol. The third-order valence-electron chi connectivity index (χ3n) is 5.39. The predicted molar refractivity (Wildman–Crippen MR) is 124 cm³/mol. The van der Waals surface area contributed by atoms with Crippen LogP contribution in [0.15, 0.2) is 60.7 Å². The second-order valence-electron chi connectivity index (χ2n) is 7.56. The van der Waals surface area contributed by atoms with Crippen molar-refractivity contribution < 1.29 is 14.3 Å². The first kappa shape index (κ1) is 23.5. The molecule has 1 amide bonds. The molecule has 0 fully saturated rings. The summed E-state index contributed by atoms with van der Waals surface area (Å²) >= 11 is 0. The lowest BCUT2D eigenvalue weighted by Crippen LogP contribution is -2.43. The molecule has 6 heteroatoms. The summed E-state index contributed by atoms with van der Waals surface area (Å²) in [6.07, 6.45) is 0. The van der Waals surface area contributed by atoms with Crippen LogP contribution in [0.3, 0.4) is 0 Å². The minimum atomic E-state index is -0.774. The summed E-state index contributed by atoms with van der Waals surface area (Å²) in [6.45, 7) is 4.08. The number of halogens is 1. The first-order valence-corrected chi connectivity index (χ1v) is 9.63. The van der Waals surface area contributed by atoms with E-state index in [1.807, 2.05) is 50.2 Å². The molecule has 1 unspecified atom stereocenters. The van der Waals surface area contributed by atoms with Gasteiger partial charge in [-0.05, 0) is 53.9 Å². The van der Waals surface area contributed by atoms with Crippen LogP contribution in [0, 0.1) is 0 Å². The number of carbonyl (C=O) groups excluding carboxylic acids is 1. The minimum absolute atomic E-state index is 0. The van der Waals surface area contributed by atoms with Gasteiger partial charge in [-0.1, -0.05) is 42.5 Å². The SMILES string of the molecule is COc1ccc(C(C)(C)C(=O)NC(CN)c2ccc3ccccc3c2)cc1OC.Cl. The van der Waals surface area contributed by atoms with Crippen molar-refractivity contribution in [3.05, 3.63) is 71.8 Å². The van der Waals surface area contributed by atoms with Crippen molar-refractivity contribution in [3.63, 3.8) is 0 Å². The maximum atomic E-state index is 13.2. The van der Waals surface area contributed by atoms with E-state index < -0.39 is 5.41 Å². The number of fused-ring (bicyclic) bond motifs is 1. The molecule has 1 atom stereocenters. The molecule has 0 aliphatic carbocycles. The van der Waals surface area contributed by atoms with Gasteiger partial charge in [0.05, 0.1) is 25.7 Å². The van der Waals surface area contributed by atoms with E-state index in [4.69, 9.17) is 15.2 Å². The number of nitrogens with two attached hydrogens (primary N) is 1. The summed E-state index contributed by atoms with van der Waals surface area (Å²) in [7, 11) is 3.17. The lowest BCUT2D eigenvalue weighted by Gasteiger charge is -2.28. The van der Waals surface area contributed by atoms with E-state index in [9.17, 15) is 4.79 Å². The number of amides is 1. The molecule has 0 aliphatic heterocycles. The Morgan fingerprint density at radius 1 is 0.967 bits per heavy atom. The Labute approximate surface area is 184 Å². The number of carbonyl (C=O) groups is 1. The largest absolute Gasteiger partial charge is 0.493 e. The van der Waals surface area contributed by atoms with Gasteiger partial charge in [-0.25, -0.2) is 0 Å². The molecule has 3 aromatic rings. The summed E-state index contributed by atoms with van der Waals surface area (Å²) in [4.78, 5) is 13.2. The molecule has 0 aromatic heterocycles. The zero-order valence-electron chi connectivity index (χ0n) is 17.8. The van der Waals surface area contributed by atoms with Gasteiger partial charge in [0.15, 0.2) is 11.5 Å². The number of ether oxygens (including phenoxy) is 2. The van der Waals surface area contributed by atoms with Crippen LogP contribution in [0.5, 0.6) is 11.5 Å². The topological polar surface area (TPSA) is 73.6 Å². The quantitative estimate of drug-likeness (QED) is 0.586. The van der Waals surface area contributed by atoms with Gasteiger partial charge in [-0.15, -0.1) is 12.4 Å². The van der Waals surface area contributed by atoms with Crippen molar-refractivity contribution in [2.24, 2.45) is 5.73 Å². The molecule has 0 heterocycles. The van der Waals surface area contributed by atoms with Gasteiger partial charge in [0.2, 0.25) is 5.91 Å². The van der Waals surface area contributed by atoms with Crippen LogP contribution in [0.2, 0.25) is 0 Å². The summed E-state index contributed by atoms with van der Waals surface area (Å²) < 4.78 is 10.7. The van der Waals surface area contributed by atoms with Crippen LogP contribution in [-0.2, 0) is 10.2 Å². The molecule has 5 nitrogen and oxygen atoms in total. The van der Waals surface area contributed by atoms with E-state index >= 15 is 0 Å². The molecule has 0 radical (unpaired) electrons. The summed E-state index contributed by atoms with van der Waals surface area (Å²) in [5.74, 6) is 1.12. The van der Waals surface area contributed by atoms with Crippen LogP contribution in [0.25, 0.3) is 10.8 Å². The third kappa shape index (κ3) is 4.69. The van der Waals surface area contributed by atoms with Crippen LogP contribution < -0.4 is 20.5 Å². The van der Waals surface area contributed by atoms with Gasteiger partial charge in [-0.3, -0.25) is 4.79 Å². The van der Waals surface area contributed by atoms with E-state index in [0.717, 1.165) is 21.9 Å². The van der Waals surface area contributed by atoms with Crippen molar-refractivity contribution in [2.75, 3.05) is 20.8 Å². The number of hydrogen-bond acceptors (Lipinski definition) is 4. The Hall–Kier alpha value is -2.76. The molecule has 0 bridgehead atoms. The predicted octanol–water partition coefficient (Wildman–Crippen LogP) is 4.37. The standard InChI is InChI=1S/C24H28N2O3.ClH/c1-24(2,19-11-12-21(28-3)22(14-19)29-4)23(27)26-20(15-25)18-10-9-16-7-5-6-8-17(16)13-18;/h5-14,20H,15,25H2,1-4H3,(H,26,27);1H. The second-order valence-corrected chi connectivity index (χ2v) is 7.56. The smallest absolute Gasteiger partial charge is 0.230 e. The second kappa shape index (κ2) is 9.83. The van der Waals surface area contributed by atoms with E-state index in [1.165, 1.54) is 0 Å². The molecular formula is C24H29ClN2O3. The summed E-state index contributed by atoms with van der Waals surface area (Å²) in [5.41, 5.74) is 7.06.